The van der Waals surface area contributed by atoms with Gasteiger partial charge in [0, 0.05) is 12.7 Å². The quantitative estimate of drug-likeness (QED) is 0.393. The highest BCUT2D eigenvalue weighted by Crippen LogP contribution is 2.25. The highest BCUT2D eigenvalue weighted by Gasteiger charge is 2.23. The standard InChI is InChI=1S/C24H20F4N4O2/c1-13-22(24(33)31-20(11-29)14-7-8-18(27)19(28)10-14)32-9-3-6-21(23(32)30-13)34-12-15-16(25)4-2-5-17(15)26/h2-10,20H,11-12,29H2,1H3,(H,31,33)/i12D2. The fraction of sp³-hybridized carbons (Fsp3) is 0.167. The van der Waals surface area contributed by atoms with Crippen molar-refractivity contribution < 1.29 is 29.8 Å². The molecule has 0 saturated heterocycles. The summed E-state index contributed by atoms with van der Waals surface area (Å²) in [6.45, 7) is -1.50. The van der Waals surface area contributed by atoms with E-state index in [9.17, 15) is 22.4 Å². The average molecular weight is 474 g/mol. The second kappa shape index (κ2) is 9.52. The van der Waals surface area contributed by atoms with Gasteiger partial charge in [-0.3, -0.25) is 9.20 Å². The molecule has 4 rings (SSSR count). The number of carbonyl (C=O) groups is 1. The summed E-state index contributed by atoms with van der Waals surface area (Å²) in [7, 11) is 0. The zero-order valence-corrected chi connectivity index (χ0v) is 17.8. The van der Waals surface area contributed by atoms with E-state index in [-0.39, 0.29) is 34.9 Å². The van der Waals surface area contributed by atoms with Crippen molar-refractivity contribution in [1.82, 2.24) is 14.7 Å². The number of aryl methyl sites for hydroxylation is 1. The first-order chi connectivity index (χ1) is 17.0. The summed E-state index contributed by atoms with van der Waals surface area (Å²) in [5, 5.41) is 2.65. The Labute approximate surface area is 194 Å². The van der Waals surface area contributed by atoms with Crippen molar-refractivity contribution in [2.24, 2.45) is 5.73 Å². The van der Waals surface area contributed by atoms with Crippen LogP contribution in [0, 0.1) is 30.2 Å². The van der Waals surface area contributed by atoms with Crippen LogP contribution in [0.15, 0.2) is 54.7 Å². The maximum atomic E-state index is 14.2. The Bertz CT molecular complexity index is 1440. The number of aromatic nitrogens is 2. The van der Waals surface area contributed by atoms with Gasteiger partial charge in [0.2, 0.25) is 0 Å². The Morgan fingerprint density at radius 3 is 2.53 bits per heavy atom. The Morgan fingerprint density at radius 1 is 1.12 bits per heavy atom. The first-order valence-electron chi connectivity index (χ1n) is 11.1. The summed E-state index contributed by atoms with van der Waals surface area (Å²) in [6, 6.07) is 7.99. The summed E-state index contributed by atoms with van der Waals surface area (Å²) in [4.78, 5) is 17.4. The van der Waals surface area contributed by atoms with Crippen LogP contribution in [0.3, 0.4) is 0 Å². The number of hydrogen-bond acceptors (Lipinski definition) is 4. The number of nitrogens with two attached hydrogens (primary N) is 1. The van der Waals surface area contributed by atoms with Gasteiger partial charge in [-0.05, 0) is 48.9 Å². The number of hydrogen-bond donors (Lipinski definition) is 2. The highest BCUT2D eigenvalue weighted by molar-refractivity contribution is 5.95. The second-order valence-corrected chi connectivity index (χ2v) is 7.35. The van der Waals surface area contributed by atoms with Gasteiger partial charge in [-0.15, -0.1) is 0 Å². The third kappa shape index (κ3) is 4.44. The fourth-order valence-corrected chi connectivity index (χ4v) is 3.44. The number of pyridine rings is 1. The molecule has 34 heavy (non-hydrogen) atoms. The van der Waals surface area contributed by atoms with Crippen LogP contribution >= 0.6 is 0 Å². The normalized spacial score (nSPS) is 13.4. The molecule has 1 unspecified atom stereocenters. The molecule has 176 valence electrons. The predicted molar refractivity (Wildman–Crippen MR) is 116 cm³/mol. The lowest BCUT2D eigenvalue weighted by atomic mass is 10.1. The van der Waals surface area contributed by atoms with E-state index < -0.39 is 47.3 Å². The van der Waals surface area contributed by atoms with Gasteiger partial charge < -0.3 is 15.8 Å². The van der Waals surface area contributed by atoms with E-state index in [1.807, 2.05) is 0 Å². The molecule has 2 aromatic carbocycles. The van der Waals surface area contributed by atoms with Gasteiger partial charge in [0.1, 0.15) is 23.9 Å². The van der Waals surface area contributed by atoms with Gasteiger partial charge in [0.05, 0.1) is 20.0 Å². The van der Waals surface area contributed by atoms with Crippen LogP contribution < -0.4 is 15.8 Å². The molecule has 6 nitrogen and oxygen atoms in total. The lowest BCUT2D eigenvalue weighted by Gasteiger charge is -2.18. The maximum Gasteiger partial charge on any atom is 0.270 e. The first kappa shape index (κ1) is 20.7. The topological polar surface area (TPSA) is 81.7 Å². The molecule has 0 aliphatic rings. The zero-order chi connectivity index (χ0) is 26.2. The lowest BCUT2D eigenvalue weighted by molar-refractivity contribution is 0.0931. The summed E-state index contributed by atoms with van der Waals surface area (Å²) in [6.07, 6.45) is 1.46. The largest absolute Gasteiger partial charge is 0.485 e. The van der Waals surface area contributed by atoms with Crippen molar-refractivity contribution >= 4 is 11.6 Å². The summed E-state index contributed by atoms with van der Waals surface area (Å²) >= 11 is 0. The van der Waals surface area contributed by atoms with E-state index in [1.54, 1.807) is 0 Å². The molecular weight excluding hydrogens is 452 g/mol. The summed E-state index contributed by atoms with van der Waals surface area (Å²) in [5.74, 6) is -5.22. The monoisotopic (exact) mass is 474 g/mol. The average Bonchev–Trinajstić information content (AvgIpc) is 3.15. The minimum atomic E-state index is -2.91. The van der Waals surface area contributed by atoms with Crippen LogP contribution in [0.5, 0.6) is 5.75 Å². The molecule has 4 aromatic rings. The predicted octanol–water partition coefficient (Wildman–Crippen LogP) is 4.21. The number of imidazole rings is 1. The molecule has 10 heteroatoms. The van der Waals surface area contributed by atoms with Gasteiger partial charge in [-0.1, -0.05) is 12.1 Å². The number of rotatable bonds is 7. The number of carbonyl (C=O) groups excluding carboxylic acids is 1. The van der Waals surface area contributed by atoms with Gasteiger partial charge >= 0.3 is 0 Å². The minimum Gasteiger partial charge on any atom is -0.485 e. The summed E-state index contributed by atoms with van der Waals surface area (Å²) in [5.41, 5.74) is 5.35. The molecule has 0 aliphatic carbocycles. The molecule has 1 amide bonds. The number of amides is 1. The molecule has 0 aliphatic heterocycles. The van der Waals surface area contributed by atoms with E-state index in [0.717, 1.165) is 30.3 Å². The van der Waals surface area contributed by atoms with E-state index in [4.69, 9.17) is 13.2 Å². The summed E-state index contributed by atoms with van der Waals surface area (Å²) < 4.78 is 78.3. The van der Waals surface area contributed by atoms with Crippen molar-refractivity contribution in [2.45, 2.75) is 19.5 Å². The third-order valence-electron chi connectivity index (χ3n) is 5.12. The Kier molecular flexibility index (Phi) is 5.79. The Hall–Kier alpha value is -3.92. The molecule has 1 atom stereocenters. The SMILES string of the molecule is [2H]C([2H])(Oc1cccn2c(C(=O)NC(CN)c3ccc(F)c(F)c3)c(C)nc12)c1c(F)cccc1F. The molecule has 0 saturated carbocycles. The van der Waals surface area contributed by atoms with Gasteiger partial charge in [-0.2, -0.15) is 0 Å². The van der Waals surface area contributed by atoms with Crippen molar-refractivity contribution in [3.8, 4) is 5.75 Å². The molecule has 2 heterocycles. The molecule has 0 fully saturated rings. The smallest absolute Gasteiger partial charge is 0.270 e. The van der Waals surface area contributed by atoms with Crippen molar-refractivity contribution in [1.29, 1.82) is 0 Å². The maximum absolute atomic E-state index is 14.2. The van der Waals surface area contributed by atoms with E-state index in [0.29, 0.717) is 0 Å². The highest BCUT2D eigenvalue weighted by atomic mass is 19.2. The molecule has 0 bridgehead atoms. The first-order valence-corrected chi connectivity index (χ1v) is 10.1. The Morgan fingerprint density at radius 2 is 1.85 bits per heavy atom. The second-order valence-electron chi connectivity index (χ2n) is 7.35. The molecule has 0 spiro atoms. The number of benzene rings is 2. The Balaban J connectivity index is 1.68. The van der Waals surface area contributed by atoms with Crippen LogP contribution in [0.25, 0.3) is 5.65 Å². The van der Waals surface area contributed by atoms with Gasteiger partial charge in [-0.25, -0.2) is 22.5 Å². The van der Waals surface area contributed by atoms with Crippen LogP contribution in [0.2, 0.25) is 0 Å². The molecule has 0 radical (unpaired) electrons. The van der Waals surface area contributed by atoms with Gasteiger partial charge in [0.15, 0.2) is 23.0 Å². The number of nitrogens with one attached hydrogen (secondary N) is 1. The van der Waals surface area contributed by atoms with E-state index in [1.165, 1.54) is 35.7 Å². The van der Waals surface area contributed by atoms with E-state index >= 15 is 0 Å². The zero-order valence-electron chi connectivity index (χ0n) is 19.8. The fourth-order valence-electron chi connectivity index (χ4n) is 3.44. The van der Waals surface area contributed by atoms with Crippen molar-refractivity contribution in [2.75, 3.05) is 6.54 Å². The van der Waals surface area contributed by atoms with Crippen molar-refractivity contribution in [3.63, 3.8) is 0 Å². The number of halogens is 4. The number of fused-ring (bicyclic) bond motifs is 1. The van der Waals surface area contributed by atoms with Crippen LogP contribution in [0.4, 0.5) is 17.6 Å². The van der Waals surface area contributed by atoms with Crippen LogP contribution in [-0.4, -0.2) is 21.8 Å². The van der Waals surface area contributed by atoms with Crippen LogP contribution in [0.1, 0.15) is 36.1 Å². The van der Waals surface area contributed by atoms with E-state index in [2.05, 4.69) is 10.3 Å². The van der Waals surface area contributed by atoms with Gasteiger partial charge in [0.25, 0.3) is 5.91 Å². The number of ether oxygens (including phenoxy) is 1. The van der Waals surface area contributed by atoms with Crippen molar-refractivity contribution in [3.05, 3.63) is 101 Å². The number of nitrogens with zero attached hydrogens (tertiary/aromatic N) is 2. The molecular formula is C24H20F4N4O2. The minimum absolute atomic E-state index is 0.0119. The van der Waals surface area contributed by atoms with Crippen LogP contribution in [-0.2, 0) is 6.56 Å². The lowest BCUT2D eigenvalue weighted by Crippen LogP contribution is -2.34. The molecule has 3 N–H and O–H groups in total. The third-order valence-corrected chi connectivity index (χ3v) is 5.12. The molecule has 2 aromatic heterocycles.